The summed E-state index contributed by atoms with van der Waals surface area (Å²) in [5, 5.41) is 2.89. The van der Waals surface area contributed by atoms with Gasteiger partial charge in [0.25, 0.3) is 0 Å². The molecule has 2 aliphatic heterocycles. The van der Waals surface area contributed by atoms with Gasteiger partial charge in [0.15, 0.2) is 0 Å². The number of para-hydroxylation sites is 1. The molecule has 1 aromatic carbocycles. The molecule has 3 rings (SSSR count). The lowest BCUT2D eigenvalue weighted by atomic mass is 10.1. The zero-order valence-electron chi connectivity index (χ0n) is 13.8. The van der Waals surface area contributed by atoms with Gasteiger partial charge in [-0.1, -0.05) is 18.2 Å². The Morgan fingerprint density at radius 2 is 2.04 bits per heavy atom. The second-order valence-electron chi connectivity index (χ2n) is 6.45. The third kappa shape index (κ3) is 3.24. The van der Waals surface area contributed by atoms with Crippen molar-refractivity contribution in [1.29, 1.82) is 0 Å². The topological polar surface area (TPSA) is 58.6 Å². The highest BCUT2D eigenvalue weighted by molar-refractivity contribution is 6.10. The van der Waals surface area contributed by atoms with E-state index in [0.717, 1.165) is 36.3 Å². The van der Waals surface area contributed by atoms with Crippen molar-refractivity contribution < 1.29 is 14.3 Å². The Morgan fingerprint density at radius 3 is 2.70 bits per heavy atom. The third-order valence-electron chi connectivity index (χ3n) is 4.76. The number of anilines is 1. The van der Waals surface area contributed by atoms with Crippen molar-refractivity contribution in [3.05, 3.63) is 29.3 Å². The maximum atomic E-state index is 12.7. The minimum Gasteiger partial charge on any atom is -0.376 e. The average molecular weight is 316 g/mol. The van der Waals surface area contributed by atoms with Crippen LogP contribution in [0.4, 0.5) is 5.69 Å². The fraction of sp³-hybridized carbons (Fsp3) is 0.556. The lowest BCUT2D eigenvalue weighted by Gasteiger charge is -2.21. The lowest BCUT2D eigenvalue weighted by Crippen LogP contribution is -2.40. The van der Waals surface area contributed by atoms with E-state index in [2.05, 4.69) is 5.32 Å². The van der Waals surface area contributed by atoms with E-state index in [4.69, 9.17) is 4.74 Å². The number of ether oxygens (including phenoxy) is 1. The number of rotatable bonds is 4. The Hall–Kier alpha value is -1.88. The van der Waals surface area contributed by atoms with Gasteiger partial charge in [0.2, 0.25) is 11.8 Å². The molecule has 5 heteroatoms. The van der Waals surface area contributed by atoms with Crippen LogP contribution < -0.4 is 10.2 Å². The molecule has 2 unspecified atom stereocenters. The molecule has 2 saturated heterocycles. The van der Waals surface area contributed by atoms with E-state index < -0.39 is 5.92 Å². The molecule has 0 aliphatic carbocycles. The van der Waals surface area contributed by atoms with Crippen LogP contribution in [0.25, 0.3) is 0 Å². The second-order valence-corrected chi connectivity index (χ2v) is 6.45. The molecule has 1 aromatic rings. The van der Waals surface area contributed by atoms with E-state index in [-0.39, 0.29) is 17.9 Å². The van der Waals surface area contributed by atoms with Crippen LogP contribution in [0.2, 0.25) is 0 Å². The number of carbonyl (C=O) groups excluding carboxylic acids is 2. The number of nitrogens with zero attached hydrogens (tertiary/aromatic N) is 1. The first-order chi connectivity index (χ1) is 11.1. The van der Waals surface area contributed by atoms with E-state index in [1.807, 2.05) is 32.0 Å². The predicted octanol–water partition coefficient (Wildman–Crippen LogP) is 1.95. The SMILES string of the molecule is Cc1cccc(C)c1N1CCC(C(=O)NCC2CCCO2)C1=O. The van der Waals surface area contributed by atoms with Crippen LogP contribution in [0.15, 0.2) is 18.2 Å². The van der Waals surface area contributed by atoms with Crippen molar-refractivity contribution >= 4 is 17.5 Å². The average Bonchev–Trinajstić information content (AvgIpc) is 3.15. The second kappa shape index (κ2) is 6.71. The highest BCUT2D eigenvalue weighted by Crippen LogP contribution is 2.31. The predicted molar refractivity (Wildman–Crippen MR) is 88.4 cm³/mol. The van der Waals surface area contributed by atoms with E-state index in [1.54, 1.807) is 4.90 Å². The third-order valence-corrected chi connectivity index (χ3v) is 4.76. The Bertz CT molecular complexity index is 588. The number of benzene rings is 1. The van der Waals surface area contributed by atoms with Gasteiger partial charge in [-0.3, -0.25) is 9.59 Å². The molecular weight excluding hydrogens is 292 g/mol. The van der Waals surface area contributed by atoms with E-state index in [0.29, 0.717) is 19.5 Å². The summed E-state index contributed by atoms with van der Waals surface area (Å²) in [4.78, 5) is 26.8. The molecule has 5 nitrogen and oxygen atoms in total. The molecule has 124 valence electrons. The fourth-order valence-corrected chi connectivity index (χ4v) is 3.52. The van der Waals surface area contributed by atoms with Gasteiger partial charge in [-0.15, -0.1) is 0 Å². The molecule has 23 heavy (non-hydrogen) atoms. The largest absolute Gasteiger partial charge is 0.376 e. The molecule has 0 radical (unpaired) electrons. The van der Waals surface area contributed by atoms with Gasteiger partial charge in [0.05, 0.1) is 6.10 Å². The molecular formula is C18H24N2O3. The molecule has 2 aliphatic rings. The zero-order valence-corrected chi connectivity index (χ0v) is 13.8. The standard InChI is InChI=1S/C18H24N2O3/c1-12-5-3-6-13(2)16(12)20-9-8-15(18(20)22)17(21)19-11-14-7-4-10-23-14/h3,5-6,14-15H,4,7-11H2,1-2H3,(H,19,21). The molecule has 2 fully saturated rings. The summed E-state index contributed by atoms with van der Waals surface area (Å²) in [5.41, 5.74) is 3.09. The lowest BCUT2D eigenvalue weighted by molar-refractivity contribution is -0.132. The van der Waals surface area contributed by atoms with Crippen molar-refractivity contribution in [2.45, 2.75) is 39.2 Å². The number of carbonyl (C=O) groups is 2. The number of nitrogens with one attached hydrogen (secondary N) is 1. The van der Waals surface area contributed by atoms with Crippen molar-refractivity contribution in [1.82, 2.24) is 5.32 Å². The van der Waals surface area contributed by atoms with Crippen molar-refractivity contribution in [2.75, 3.05) is 24.6 Å². The summed E-state index contributed by atoms with van der Waals surface area (Å²) in [6.07, 6.45) is 2.70. The molecule has 0 spiro atoms. The summed E-state index contributed by atoms with van der Waals surface area (Å²) in [6.45, 7) is 5.87. The highest BCUT2D eigenvalue weighted by atomic mass is 16.5. The first-order valence-corrected chi connectivity index (χ1v) is 8.35. The highest BCUT2D eigenvalue weighted by Gasteiger charge is 2.38. The summed E-state index contributed by atoms with van der Waals surface area (Å²) >= 11 is 0. The molecule has 2 amide bonds. The van der Waals surface area contributed by atoms with Gasteiger partial charge in [-0.2, -0.15) is 0 Å². The van der Waals surface area contributed by atoms with Crippen LogP contribution in [0.1, 0.15) is 30.4 Å². The normalized spacial score (nSPS) is 24.3. The van der Waals surface area contributed by atoms with Crippen molar-refractivity contribution in [3.63, 3.8) is 0 Å². The van der Waals surface area contributed by atoms with Crippen LogP contribution in [0.5, 0.6) is 0 Å². The van der Waals surface area contributed by atoms with Gasteiger partial charge in [0, 0.05) is 25.4 Å². The number of hydrogen-bond acceptors (Lipinski definition) is 3. The van der Waals surface area contributed by atoms with Crippen LogP contribution in [-0.4, -0.2) is 37.6 Å². The fourth-order valence-electron chi connectivity index (χ4n) is 3.52. The Kier molecular flexibility index (Phi) is 4.66. The molecule has 2 heterocycles. The van der Waals surface area contributed by atoms with E-state index in [9.17, 15) is 9.59 Å². The van der Waals surface area contributed by atoms with Crippen LogP contribution in [0, 0.1) is 19.8 Å². The molecule has 0 aromatic heterocycles. The summed E-state index contributed by atoms with van der Waals surface area (Å²) in [5.74, 6) is -0.832. The number of amides is 2. The zero-order chi connectivity index (χ0) is 16.4. The Labute approximate surface area is 137 Å². The van der Waals surface area contributed by atoms with Gasteiger partial charge in [-0.05, 0) is 44.2 Å². The maximum absolute atomic E-state index is 12.7. The monoisotopic (exact) mass is 316 g/mol. The van der Waals surface area contributed by atoms with E-state index in [1.165, 1.54) is 0 Å². The smallest absolute Gasteiger partial charge is 0.239 e. The Balaban J connectivity index is 1.65. The summed E-state index contributed by atoms with van der Waals surface area (Å²) in [7, 11) is 0. The van der Waals surface area contributed by atoms with Crippen LogP contribution in [0.3, 0.4) is 0 Å². The van der Waals surface area contributed by atoms with Gasteiger partial charge < -0.3 is 15.0 Å². The number of aryl methyl sites for hydroxylation is 2. The van der Waals surface area contributed by atoms with E-state index >= 15 is 0 Å². The molecule has 1 N–H and O–H groups in total. The molecule has 0 saturated carbocycles. The maximum Gasteiger partial charge on any atom is 0.239 e. The van der Waals surface area contributed by atoms with Gasteiger partial charge >= 0.3 is 0 Å². The van der Waals surface area contributed by atoms with Gasteiger partial charge in [-0.25, -0.2) is 0 Å². The minimum absolute atomic E-state index is 0.0905. The molecule has 2 atom stereocenters. The van der Waals surface area contributed by atoms with Gasteiger partial charge in [0.1, 0.15) is 5.92 Å². The van der Waals surface area contributed by atoms with Crippen LogP contribution in [-0.2, 0) is 14.3 Å². The van der Waals surface area contributed by atoms with Crippen LogP contribution >= 0.6 is 0 Å². The van der Waals surface area contributed by atoms with Crippen molar-refractivity contribution in [2.24, 2.45) is 5.92 Å². The summed E-state index contributed by atoms with van der Waals surface area (Å²) < 4.78 is 5.50. The van der Waals surface area contributed by atoms with Crippen molar-refractivity contribution in [3.8, 4) is 0 Å². The quantitative estimate of drug-likeness (QED) is 0.864. The summed E-state index contributed by atoms with van der Waals surface area (Å²) in [6, 6.07) is 5.99. The molecule has 0 bridgehead atoms. The number of hydrogen-bond donors (Lipinski definition) is 1. The first kappa shape index (κ1) is 16.0. The first-order valence-electron chi connectivity index (χ1n) is 8.35. The Morgan fingerprint density at radius 1 is 1.30 bits per heavy atom. The minimum atomic E-state index is -0.574.